The second kappa shape index (κ2) is 7.40. The summed E-state index contributed by atoms with van der Waals surface area (Å²) in [6.07, 6.45) is -0.0425. The van der Waals surface area contributed by atoms with E-state index in [0.29, 0.717) is 0 Å². The number of primary amides is 1. The number of carboxylic acids is 1. The van der Waals surface area contributed by atoms with Crippen molar-refractivity contribution in [3.8, 4) is 0 Å². The number of benzene rings is 2. The maximum absolute atomic E-state index is 12.1. The summed E-state index contributed by atoms with van der Waals surface area (Å²) >= 11 is 0. The number of carbonyl (C=O) groups is 3. The summed E-state index contributed by atoms with van der Waals surface area (Å²) in [5.74, 6) is -2.18. The number of nitrogens with one attached hydrogen (secondary N) is 1. The van der Waals surface area contributed by atoms with Crippen LogP contribution in [0.1, 0.15) is 18.4 Å². The van der Waals surface area contributed by atoms with Crippen molar-refractivity contribution < 1.29 is 19.5 Å². The van der Waals surface area contributed by atoms with Crippen molar-refractivity contribution in [2.45, 2.75) is 25.3 Å². The molecule has 0 saturated carbocycles. The summed E-state index contributed by atoms with van der Waals surface area (Å²) in [5, 5.41) is 13.5. The molecule has 2 amide bonds. The highest BCUT2D eigenvalue weighted by Gasteiger charge is 2.20. The van der Waals surface area contributed by atoms with Gasteiger partial charge in [-0.2, -0.15) is 0 Å². The van der Waals surface area contributed by atoms with Gasteiger partial charge in [-0.05, 0) is 22.8 Å². The van der Waals surface area contributed by atoms with Crippen molar-refractivity contribution in [3.05, 3.63) is 48.0 Å². The highest BCUT2D eigenvalue weighted by atomic mass is 16.4. The van der Waals surface area contributed by atoms with E-state index in [4.69, 9.17) is 10.8 Å². The molecule has 0 saturated heterocycles. The second-order valence-electron chi connectivity index (χ2n) is 5.28. The number of hydrogen-bond donors (Lipinski definition) is 3. The molecule has 23 heavy (non-hydrogen) atoms. The summed E-state index contributed by atoms with van der Waals surface area (Å²) in [7, 11) is 0. The number of hydrogen-bond acceptors (Lipinski definition) is 3. The SMILES string of the molecule is NC(=O)CCC(NC(=O)Cc1cccc2ccccc12)C(=O)O. The zero-order valence-electron chi connectivity index (χ0n) is 12.5. The van der Waals surface area contributed by atoms with Gasteiger partial charge in [0, 0.05) is 6.42 Å². The Labute approximate surface area is 133 Å². The topological polar surface area (TPSA) is 109 Å². The first-order valence-electron chi connectivity index (χ1n) is 7.24. The Balaban J connectivity index is 2.08. The predicted octanol–water partition coefficient (Wildman–Crippen LogP) is 1.22. The van der Waals surface area contributed by atoms with Gasteiger partial charge < -0.3 is 16.2 Å². The van der Waals surface area contributed by atoms with E-state index in [2.05, 4.69) is 5.32 Å². The predicted molar refractivity (Wildman–Crippen MR) is 85.6 cm³/mol. The molecule has 2 aromatic carbocycles. The third-order valence-corrected chi connectivity index (χ3v) is 3.54. The average Bonchev–Trinajstić information content (AvgIpc) is 2.51. The first-order chi connectivity index (χ1) is 11.0. The van der Waals surface area contributed by atoms with Crippen LogP contribution in [0.25, 0.3) is 10.8 Å². The Hall–Kier alpha value is -2.89. The van der Waals surface area contributed by atoms with Crippen LogP contribution in [0.2, 0.25) is 0 Å². The number of carbonyl (C=O) groups excluding carboxylic acids is 2. The summed E-state index contributed by atoms with van der Waals surface area (Å²) in [4.78, 5) is 34.0. The van der Waals surface area contributed by atoms with Gasteiger partial charge in [-0.1, -0.05) is 42.5 Å². The Morgan fingerprint density at radius 1 is 1.09 bits per heavy atom. The molecule has 4 N–H and O–H groups in total. The normalized spacial score (nSPS) is 11.8. The Morgan fingerprint density at radius 2 is 1.78 bits per heavy atom. The molecule has 0 heterocycles. The summed E-state index contributed by atoms with van der Waals surface area (Å²) in [5.41, 5.74) is 5.83. The highest BCUT2D eigenvalue weighted by molar-refractivity contribution is 5.91. The molecule has 0 spiro atoms. The zero-order chi connectivity index (χ0) is 16.8. The number of carboxylic acid groups (broad SMARTS) is 1. The average molecular weight is 314 g/mol. The van der Waals surface area contributed by atoms with Gasteiger partial charge in [0.05, 0.1) is 6.42 Å². The van der Waals surface area contributed by atoms with Gasteiger partial charge in [0.1, 0.15) is 6.04 Å². The molecule has 2 rings (SSSR count). The van der Waals surface area contributed by atoms with Gasteiger partial charge in [-0.3, -0.25) is 9.59 Å². The molecule has 0 aliphatic heterocycles. The lowest BCUT2D eigenvalue weighted by atomic mass is 10.0. The fourth-order valence-electron chi connectivity index (χ4n) is 2.41. The maximum Gasteiger partial charge on any atom is 0.326 e. The van der Waals surface area contributed by atoms with Crippen LogP contribution in [-0.4, -0.2) is 28.9 Å². The van der Waals surface area contributed by atoms with E-state index < -0.39 is 23.8 Å². The van der Waals surface area contributed by atoms with Crippen LogP contribution >= 0.6 is 0 Å². The summed E-state index contributed by atoms with van der Waals surface area (Å²) < 4.78 is 0. The Kier molecular flexibility index (Phi) is 5.30. The molecule has 0 bridgehead atoms. The van der Waals surface area contributed by atoms with E-state index in [1.165, 1.54) is 0 Å². The fourth-order valence-corrected chi connectivity index (χ4v) is 2.41. The van der Waals surface area contributed by atoms with Crippen molar-refractivity contribution in [2.75, 3.05) is 0 Å². The van der Waals surface area contributed by atoms with Gasteiger partial charge in [-0.15, -0.1) is 0 Å². The maximum atomic E-state index is 12.1. The third-order valence-electron chi connectivity index (χ3n) is 3.54. The number of fused-ring (bicyclic) bond motifs is 1. The summed E-state index contributed by atoms with van der Waals surface area (Å²) in [6, 6.07) is 12.2. The van der Waals surface area contributed by atoms with Gasteiger partial charge >= 0.3 is 5.97 Å². The van der Waals surface area contributed by atoms with Crippen LogP contribution in [0.5, 0.6) is 0 Å². The number of rotatable bonds is 7. The number of nitrogens with two attached hydrogens (primary N) is 1. The quantitative estimate of drug-likeness (QED) is 0.713. The van der Waals surface area contributed by atoms with Crippen molar-refractivity contribution in [2.24, 2.45) is 5.73 Å². The standard InChI is InChI=1S/C17H18N2O4/c18-15(20)9-8-14(17(22)23)19-16(21)10-12-6-3-5-11-4-1-2-7-13(11)12/h1-7,14H,8-10H2,(H2,18,20)(H,19,21)(H,22,23). The van der Waals surface area contributed by atoms with Crippen LogP contribution in [0.15, 0.2) is 42.5 Å². The summed E-state index contributed by atoms with van der Waals surface area (Å²) in [6.45, 7) is 0. The van der Waals surface area contributed by atoms with Crippen LogP contribution in [0.3, 0.4) is 0 Å². The van der Waals surface area contributed by atoms with Crippen LogP contribution in [-0.2, 0) is 20.8 Å². The van der Waals surface area contributed by atoms with Gasteiger partial charge in [0.25, 0.3) is 0 Å². The van der Waals surface area contributed by atoms with E-state index in [0.717, 1.165) is 16.3 Å². The van der Waals surface area contributed by atoms with E-state index in [9.17, 15) is 14.4 Å². The van der Waals surface area contributed by atoms with Crippen molar-refractivity contribution >= 4 is 28.6 Å². The zero-order valence-corrected chi connectivity index (χ0v) is 12.5. The highest BCUT2D eigenvalue weighted by Crippen LogP contribution is 2.18. The lowest BCUT2D eigenvalue weighted by Crippen LogP contribution is -2.42. The van der Waals surface area contributed by atoms with Gasteiger partial charge in [-0.25, -0.2) is 4.79 Å². The molecular weight excluding hydrogens is 296 g/mol. The number of aliphatic carboxylic acids is 1. The smallest absolute Gasteiger partial charge is 0.326 e. The lowest BCUT2D eigenvalue weighted by molar-refractivity contribution is -0.142. The molecular formula is C17H18N2O4. The monoisotopic (exact) mass is 314 g/mol. The minimum absolute atomic E-state index is 0.0219. The van der Waals surface area contributed by atoms with Crippen LogP contribution in [0.4, 0.5) is 0 Å². The minimum Gasteiger partial charge on any atom is -0.480 e. The largest absolute Gasteiger partial charge is 0.480 e. The van der Waals surface area contributed by atoms with Gasteiger partial charge in [0.2, 0.25) is 11.8 Å². The lowest BCUT2D eigenvalue weighted by Gasteiger charge is -2.14. The van der Waals surface area contributed by atoms with Crippen LogP contribution < -0.4 is 11.1 Å². The van der Waals surface area contributed by atoms with Crippen molar-refractivity contribution in [1.82, 2.24) is 5.32 Å². The molecule has 6 nitrogen and oxygen atoms in total. The molecule has 120 valence electrons. The molecule has 0 aliphatic rings. The van der Waals surface area contributed by atoms with E-state index >= 15 is 0 Å². The second-order valence-corrected chi connectivity index (χ2v) is 5.28. The van der Waals surface area contributed by atoms with Crippen LogP contribution in [0, 0.1) is 0 Å². The van der Waals surface area contributed by atoms with Crippen molar-refractivity contribution in [3.63, 3.8) is 0 Å². The van der Waals surface area contributed by atoms with E-state index in [-0.39, 0.29) is 19.3 Å². The third kappa shape index (κ3) is 4.54. The molecule has 0 aromatic heterocycles. The van der Waals surface area contributed by atoms with E-state index in [1.54, 1.807) is 0 Å². The Morgan fingerprint density at radius 3 is 2.48 bits per heavy atom. The van der Waals surface area contributed by atoms with Gasteiger partial charge in [0.15, 0.2) is 0 Å². The molecule has 0 fully saturated rings. The fraction of sp³-hybridized carbons (Fsp3) is 0.235. The minimum atomic E-state index is -1.18. The van der Waals surface area contributed by atoms with Crippen molar-refractivity contribution in [1.29, 1.82) is 0 Å². The molecule has 2 aromatic rings. The number of amides is 2. The molecule has 0 radical (unpaired) electrons. The Bertz CT molecular complexity index is 737. The van der Waals surface area contributed by atoms with E-state index in [1.807, 2.05) is 42.5 Å². The molecule has 6 heteroatoms. The first-order valence-corrected chi connectivity index (χ1v) is 7.24. The molecule has 0 aliphatic carbocycles. The molecule has 1 atom stereocenters. The molecule has 1 unspecified atom stereocenters. The first kappa shape index (κ1) is 16.5.